The van der Waals surface area contributed by atoms with Crippen molar-refractivity contribution in [2.75, 3.05) is 39.3 Å². The first-order valence-corrected chi connectivity index (χ1v) is 11.1. The van der Waals surface area contributed by atoms with Gasteiger partial charge in [-0.3, -0.25) is 9.69 Å². The van der Waals surface area contributed by atoms with Crippen LogP contribution >= 0.6 is 47.9 Å². The van der Waals surface area contributed by atoms with Crippen LogP contribution in [0.5, 0.6) is 0 Å². The third kappa shape index (κ3) is 5.62. The normalized spacial score (nSPS) is 19.7. The first-order chi connectivity index (χ1) is 12.8. The van der Waals surface area contributed by atoms with Crippen molar-refractivity contribution >= 4 is 53.8 Å². The fraction of sp³-hybridized carbons (Fsp3) is 0.474. The molecule has 2 fully saturated rings. The Morgan fingerprint density at radius 1 is 1.21 bits per heavy atom. The Labute approximate surface area is 187 Å². The van der Waals surface area contributed by atoms with Crippen LogP contribution in [-0.2, 0) is 5.75 Å². The molecule has 0 bridgehead atoms. The molecule has 9 heteroatoms. The summed E-state index contributed by atoms with van der Waals surface area (Å²) in [6, 6.07) is 8.49. The summed E-state index contributed by atoms with van der Waals surface area (Å²) in [4.78, 5) is 23.1. The molecule has 0 radical (unpaired) electrons. The molecular weight excluding hydrogens is 435 g/mol. The Balaban J connectivity index is 0.00000140. The molecule has 154 valence electrons. The summed E-state index contributed by atoms with van der Waals surface area (Å²) >= 11 is 3.31. The van der Waals surface area contributed by atoms with E-state index in [1.165, 1.54) is 0 Å². The van der Waals surface area contributed by atoms with Crippen molar-refractivity contribution in [1.82, 2.24) is 20.1 Å². The van der Waals surface area contributed by atoms with Gasteiger partial charge < -0.3 is 10.2 Å². The number of carbonyl (C=O) groups is 1. The lowest BCUT2D eigenvalue weighted by molar-refractivity contribution is 0.0770. The number of thioether (sulfide) groups is 1. The standard InChI is InChI=1S/C19H24N4OS2.2ClH/c24-19(23-8-5-16(11-23)22-9-6-20-7-10-22)17-3-1-2-4-18(17)26-13-15-12-25-14-21-15;;/h1-4,12,14,16,20H,5-11,13H2;2*1H. The Morgan fingerprint density at radius 2 is 2.00 bits per heavy atom. The van der Waals surface area contributed by atoms with Gasteiger partial charge >= 0.3 is 0 Å². The number of halogens is 2. The number of amides is 1. The summed E-state index contributed by atoms with van der Waals surface area (Å²) in [6.07, 6.45) is 1.08. The van der Waals surface area contributed by atoms with E-state index in [-0.39, 0.29) is 30.7 Å². The molecule has 0 spiro atoms. The molecule has 1 unspecified atom stereocenters. The Kier molecular flexibility index (Phi) is 9.53. The summed E-state index contributed by atoms with van der Waals surface area (Å²) in [5.41, 5.74) is 3.75. The van der Waals surface area contributed by atoms with Crippen molar-refractivity contribution in [2.45, 2.75) is 23.1 Å². The number of nitrogens with one attached hydrogen (secondary N) is 1. The highest BCUT2D eigenvalue weighted by molar-refractivity contribution is 7.98. The second kappa shape index (κ2) is 11.4. The summed E-state index contributed by atoms with van der Waals surface area (Å²) in [7, 11) is 0. The Bertz CT molecular complexity index is 741. The first kappa shape index (κ1) is 23.4. The monoisotopic (exact) mass is 460 g/mol. The lowest BCUT2D eigenvalue weighted by atomic mass is 10.2. The van der Waals surface area contributed by atoms with Gasteiger partial charge in [-0.15, -0.1) is 47.9 Å². The van der Waals surface area contributed by atoms with Crippen LogP contribution in [0.3, 0.4) is 0 Å². The highest BCUT2D eigenvalue weighted by atomic mass is 35.5. The van der Waals surface area contributed by atoms with Crippen molar-refractivity contribution in [3.63, 3.8) is 0 Å². The summed E-state index contributed by atoms with van der Waals surface area (Å²) in [5.74, 6) is 0.973. The Morgan fingerprint density at radius 3 is 2.75 bits per heavy atom. The zero-order valence-corrected chi connectivity index (χ0v) is 18.8. The maximum atomic E-state index is 13.1. The van der Waals surface area contributed by atoms with Gasteiger partial charge in [0.1, 0.15) is 0 Å². The molecule has 1 atom stereocenters. The zero-order chi connectivity index (χ0) is 17.8. The molecule has 1 aromatic carbocycles. The molecule has 2 aromatic rings. The van der Waals surface area contributed by atoms with Gasteiger partial charge in [-0.25, -0.2) is 4.98 Å². The molecule has 1 aromatic heterocycles. The van der Waals surface area contributed by atoms with E-state index in [9.17, 15) is 4.79 Å². The minimum absolute atomic E-state index is 0. The molecule has 2 aliphatic rings. The van der Waals surface area contributed by atoms with Gasteiger partial charge in [-0.2, -0.15) is 0 Å². The molecule has 1 amide bonds. The number of benzene rings is 1. The molecule has 5 nitrogen and oxygen atoms in total. The largest absolute Gasteiger partial charge is 0.337 e. The molecule has 4 rings (SSSR count). The summed E-state index contributed by atoms with van der Waals surface area (Å²) in [5, 5.41) is 5.47. The molecule has 2 aliphatic heterocycles. The van der Waals surface area contributed by atoms with Crippen LogP contribution in [0, 0.1) is 0 Å². The van der Waals surface area contributed by atoms with E-state index in [0.29, 0.717) is 6.04 Å². The topological polar surface area (TPSA) is 48.5 Å². The highest BCUT2D eigenvalue weighted by Gasteiger charge is 2.32. The van der Waals surface area contributed by atoms with Crippen LogP contribution in [0.2, 0.25) is 0 Å². The SMILES string of the molecule is Cl.Cl.O=C(c1ccccc1SCc1cscn1)N1CCC(N2CCNCC2)C1. The third-order valence-corrected chi connectivity index (χ3v) is 6.84. The van der Waals surface area contributed by atoms with Gasteiger partial charge in [-0.1, -0.05) is 12.1 Å². The number of carbonyl (C=O) groups excluding carboxylic acids is 1. The number of nitrogens with zero attached hydrogens (tertiary/aromatic N) is 3. The minimum atomic E-state index is 0. The molecule has 28 heavy (non-hydrogen) atoms. The van der Waals surface area contributed by atoms with Crippen molar-refractivity contribution in [3.8, 4) is 0 Å². The van der Waals surface area contributed by atoms with Crippen molar-refractivity contribution in [2.24, 2.45) is 0 Å². The van der Waals surface area contributed by atoms with Gasteiger partial charge in [0, 0.05) is 61.3 Å². The van der Waals surface area contributed by atoms with Crippen LogP contribution in [0.15, 0.2) is 40.1 Å². The van der Waals surface area contributed by atoms with E-state index >= 15 is 0 Å². The lowest BCUT2D eigenvalue weighted by Crippen LogP contribution is -2.49. The first-order valence-electron chi connectivity index (χ1n) is 9.14. The molecular formula is C19H26Cl2N4OS2. The average molecular weight is 461 g/mol. The van der Waals surface area contributed by atoms with Crippen LogP contribution in [-0.4, -0.2) is 66.0 Å². The fourth-order valence-electron chi connectivity index (χ4n) is 3.67. The maximum absolute atomic E-state index is 13.1. The number of aromatic nitrogens is 1. The quantitative estimate of drug-likeness (QED) is 0.692. The van der Waals surface area contributed by atoms with E-state index in [2.05, 4.69) is 20.6 Å². The van der Waals surface area contributed by atoms with Gasteiger partial charge in [0.2, 0.25) is 0 Å². The van der Waals surface area contributed by atoms with Crippen molar-refractivity contribution < 1.29 is 4.79 Å². The number of hydrogen-bond acceptors (Lipinski definition) is 6. The van der Waals surface area contributed by atoms with Crippen LogP contribution in [0.1, 0.15) is 22.5 Å². The summed E-state index contributed by atoms with van der Waals surface area (Å²) < 4.78 is 0. The number of hydrogen-bond donors (Lipinski definition) is 1. The number of likely N-dealkylation sites (tertiary alicyclic amines) is 1. The van der Waals surface area contributed by atoms with E-state index in [0.717, 1.165) is 67.6 Å². The molecule has 1 N–H and O–H groups in total. The number of rotatable bonds is 5. The maximum Gasteiger partial charge on any atom is 0.255 e. The Hall–Kier alpha value is -0.830. The molecule has 0 aliphatic carbocycles. The van der Waals surface area contributed by atoms with Gasteiger partial charge in [-0.05, 0) is 18.6 Å². The smallest absolute Gasteiger partial charge is 0.255 e. The zero-order valence-electron chi connectivity index (χ0n) is 15.6. The summed E-state index contributed by atoms with van der Waals surface area (Å²) in [6.45, 7) is 6.00. The number of thiazole rings is 1. The fourth-order valence-corrected chi connectivity index (χ4v) is 5.28. The minimum Gasteiger partial charge on any atom is -0.337 e. The molecule has 2 saturated heterocycles. The van der Waals surface area contributed by atoms with Crippen molar-refractivity contribution in [3.05, 3.63) is 46.4 Å². The third-order valence-electron chi connectivity index (χ3n) is 5.10. The van der Waals surface area contributed by atoms with Gasteiger partial charge in [0.15, 0.2) is 0 Å². The molecule has 0 saturated carbocycles. The predicted octanol–water partition coefficient (Wildman–Crippen LogP) is 3.40. The van der Waals surface area contributed by atoms with Crippen molar-refractivity contribution in [1.29, 1.82) is 0 Å². The van der Waals surface area contributed by atoms with Gasteiger partial charge in [0.25, 0.3) is 5.91 Å². The van der Waals surface area contributed by atoms with Crippen LogP contribution in [0.4, 0.5) is 0 Å². The highest BCUT2D eigenvalue weighted by Crippen LogP contribution is 2.28. The average Bonchev–Trinajstić information content (AvgIpc) is 3.39. The lowest BCUT2D eigenvalue weighted by Gasteiger charge is -2.32. The van der Waals surface area contributed by atoms with Crippen LogP contribution < -0.4 is 5.32 Å². The van der Waals surface area contributed by atoms with E-state index < -0.39 is 0 Å². The predicted molar refractivity (Wildman–Crippen MR) is 121 cm³/mol. The number of piperazine rings is 1. The van der Waals surface area contributed by atoms with E-state index in [1.54, 1.807) is 23.1 Å². The molecule has 3 heterocycles. The second-order valence-electron chi connectivity index (χ2n) is 6.74. The van der Waals surface area contributed by atoms with E-state index in [4.69, 9.17) is 0 Å². The van der Waals surface area contributed by atoms with E-state index in [1.807, 2.05) is 34.7 Å². The van der Waals surface area contributed by atoms with Gasteiger partial charge in [0.05, 0.1) is 16.8 Å². The second-order valence-corrected chi connectivity index (χ2v) is 8.48. The van der Waals surface area contributed by atoms with Crippen LogP contribution in [0.25, 0.3) is 0 Å².